The number of hydrogen-bond donors (Lipinski definition) is 1. The van der Waals surface area contributed by atoms with Gasteiger partial charge < -0.3 is 9.84 Å². The highest BCUT2D eigenvalue weighted by Crippen LogP contribution is 2.21. The molecular weight excluding hydrogens is 180 g/mol. The van der Waals surface area contributed by atoms with Gasteiger partial charge in [0, 0.05) is 0 Å². The van der Waals surface area contributed by atoms with E-state index in [0.717, 1.165) is 5.56 Å². The van der Waals surface area contributed by atoms with Crippen LogP contribution in [0.1, 0.15) is 5.56 Å². The molecule has 0 radical (unpaired) electrons. The van der Waals surface area contributed by atoms with E-state index in [1.165, 1.54) is 0 Å². The molecule has 3 heteroatoms. The van der Waals surface area contributed by atoms with Crippen LogP contribution in [0.5, 0.6) is 0 Å². The van der Waals surface area contributed by atoms with Crippen LogP contribution in [0.4, 0.5) is 0 Å². The lowest BCUT2D eigenvalue weighted by Crippen LogP contribution is -2.28. The van der Waals surface area contributed by atoms with Crippen LogP contribution in [-0.2, 0) is 9.53 Å². The topological polar surface area (TPSA) is 46.5 Å². The van der Waals surface area contributed by atoms with Gasteiger partial charge >= 0.3 is 5.97 Å². The van der Waals surface area contributed by atoms with Gasteiger partial charge in [-0.25, -0.2) is 4.79 Å². The maximum absolute atomic E-state index is 11.1. The number of carbonyl (C=O) groups is 1. The van der Waals surface area contributed by atoms with E-state index in [1.807, 2.05) is 30.3 Å². The average Bonchev–Trinajstić information content (AvgIpc) is 2.23. The van der Waals surface area contributed by atoms with Gasteiger partial charge in [0.2, 0.25) is 0 Å². The van der Waals surface area contributed by atoms with Crippen LogP contribution in [0, 0.1) is 0 Å². The van der Waals surface area contributed by atoms with Crippen molar-refractivity contribution in [3.63, 3.8) is 0 Å². The molecule has 0 spiro atoms. The van der Waals surface area contributed by atoms with Crippen molar-refractivity contribution < 1.29 is 14.6 Å². The van der Waals surface area contributed by atoms with Crippen LogP contribution in [0.2, 0.25) is 0 Å². The first kappa shape index (κ1) is 8.97. The summed E-state index contributed by atoms with van der Waals surface area (Å²) in [4.78, 5) is 11.1. The van der Waals surface area contributed by atoms with E-state index in [1.54, 1.807) is 6.08 Å². The highest BCUT2D eigenvalue weighted by atomic mass is 16.5. The quantitative estimate of drug-likeness (QED) is 0.672. The van der Waals surface area contributed by atoms with Crippen molar-refractivity contribution in [1.29, 1.82) is 0 Å². The Labute approximate surface area is 81.6 Å². The molecule has 1 N–H and O–H groups in total. The molecule has 1 unspecified atom stereocenters. The zero-order chi connectivity index (χ0) is 9.97. The van der Waals surface area contributed by atoms with Crippen LogP contribution in [0.3, 0.4) is 0 Å². The molecule has 0 saturated heterocycles. The smallest absolute Gasteiger partial charge is 0.339 e. The van der Waals surface area contributed by atoms with Crippen LogP contribution in [-0.4, -0.2) is 23.8 Å². The molecule has 0 aliphatic carbocycles. The molecule has 72 valence electrons. The molecule has 1 aliphatic heterocycles. The van der Waals surface area contributed by atoms with E-state index >= 15 is 0 Å². The monoisotopic (exact) mass is 190 g/mol. The minimum absolute atomic E-state index is 0.236. The van der Waals surface area contributed by atoms with E-state index in [4.69, 9.17) is 0 Å². The van der Waals surface area contributed by atoms with Crippen molar-refractivity contribution >= 4 is 11.5 Å². The fourth-order valence-electron chi connectivity index (χ4n) is 1.44. The Morgan fingerprint density at radius 1 is 1.29 bits per heavy atom. The zero-order valence-corrected chi connectivity index (χ0v) is 7.51. The highest BCUT2D eigenvalue weighted by Gasteiger charge is 2.25. The third-order valence-corrected chi connectivity index (χ3v) is 2.15. The predicted octanol–water partition coefficient (Wildman–Crippen LogP) is 0.988. The highest BCUT2D eigenvalue weighted by molar-refractivity contribution is 5.92. The number of rotatable bonds is 1. The molecule has 1 atom stereocenters. The van der Waals surface area contributed by atoms with Gasteiger partial charge in [-0.2, -0.15) is 0 Å². The summed E-state index contributed by atoms with van der Waals surface area (Å²) in [5, 5.41) is 9.55. The average molecular weight is 190 g/mol. The summed E-state index contributed by atoms with van der Waals surface area (Å²) >= 11 is 0. The summed E-state index contributed by atoms with van der Waals surface area (Å²) in [7, 11) is 0. The van der Waals surface area contributed by atoms with Crippen molar-refractivity contribution in [1.82, 2.24) is 0 Å². The molecule has 0 aromatic heterocycles. The fourth-order valence-corrected chi connectivity index (χ4v) is 1.44. The normalized spacial score (nSPS) is 21.4. The number of carbonyl (C=O) groups excluding carboxylic acids is 1. The summed E-state index contributed by atoms with van der Waals surface area (Å²) in [6, 6.07) is 9.32. The van der Waals surface area contributed by atoms with Crippen molar-refractivity contribution in [3.8, 4) is 0 Å². The Hall–Kier alpha value is -1.61. The minimum atomic E-state index is -1.15. The number of hydrogen-bond acceptors (Lipinski definition) is 3. The second kappa shape index (κ2) is 3.64. The molecule has 0 fully saturated rings. The van der Waals surface area contributed by atoms with Crippen molar-refractivity contribution in [2.75, 3.05) is 6.61 Å². The molecule has 2 rings (SSSR count). The van der Waals surface area contributed by atoms with Gasteiger partial charge in [-0.3, -0.25) is 0 Å². The van der Waals surface area contributed by atoms with Crippen molar-refractivity contribution in [3.05, 3.63) is 42.0 Å². The Balaban J connectivity index is 2.35. The molecule has 3 nitrogen and oxygen atoms in total. The van der Waals surface area contributed by atoms with E-state index in [9.17, 15) is 9.90 Å². The molecule has 0 amide bonds. The summed E-state index contributed by atoms with van der Waals surface area (Å²) in [5.74, 6) is -0.577. The summed E-state index contributed by atoms with van der Waals surface area (Å²) in [6.45, 7) is 0.236. The first-order valence-corrected chi connectivity index (χ1v) is 4.39. The van der Waals surface area contributed by atoms with Gasteiger partial charge in [0.25, 0.3) is 0 Å². The number of esters is 1. The van der Waals surface area contributed by atoms with Crippen LogP contribution < -0.4 is 0 Å². The number of aliphatic hydroxyl groups excluding tert-OH is 1. The second-order valence-electron chi connectivity index (χ2n) is 3.06. The van der Waals surface area contributed by atoms with Gasteiger partial charge in [-0.1, -0.05) is 30.3 Å². The number of benzene rings is 1. The van der Waals surface area contributed by atoms with E-state index < -0.39 is 12.1 Å². The summed E-state index contributed by atoms with van der Waals surface area (Å²) in [6.07, 6.45) is 0.577. The largest absolute Gasteiger partial charge is 0.459 e. The standard InChI is InChI=1S/C11H10O3/c12-10-9(6-7-14-11(10)13)8-4-2-1-3-5-8/h1-6,10,12H,7H2. The van der Waals surface area contributed by atoms with Gasteiger partial charge in [0.15, 0.2) is 6.10 Å². The van der Waals surface area contributed by atoms with Crippen LogP contribution in [0.25, 0.3) is 5.57 Å². The van der Waals surface area contributed by atoms with E-state index in [2.05, 4.69) is 4.74 Å². The molecule has 1 heterocycles. The summed E-state index contributed by atoms with van der Waals surface area (Å²) in [5.41, 5.74) is 1.48. The summed E-state index contributed by atoms with van der Waals surface area (Å²) < 4.78 is 4.68. The number of aliphatic hydroxyl groups is 1. The third-order valence-electron chi connectivity index (χ3n) is 2.15. The lowest BCUT2D eigenvalue weighted by Gasteiger charge is -2.18. The third kappa shape index (κ3) is 1.54. The maximum Gasteiger partial charge on any atom is 0.339 e. The Bertz CT molecular complexity index is 367. The van der Waals surface area contributed by atoms with Crippen molar-refractivity contribution in [2.45, 2.75) is 6.10 Å². The molecule has 1 aliphatic rings. The Morgan fingerprint density at radius 2 is 2.00 bits per heavy atom. The number of cyclic esters (lactones) is 1. The van der Waals surface area contributed by atoms with Gasteiger partial charge in [0.05, 0.1) is 0 Å². The molecule has 0 bridgehead atoms. The first-order valence-electron chi connectivity index (χ1n) is 4.39. The first-order chi connectivity index (χ1) is 6.79. The van der Waals surface area contributed by atoms with Gasteiger partial charge in [-0.15, -0.1) is 0 Å². The minimum Gasteiger partial charge on any atom is -0.459 e. The lowest BCUT2D eigenvalue weighted by molar-refractivity contribution is -0.150. The van der Waals surface area contributed by atoms with E-state index in [-0.39, 0.29) is 6.61 Å². The van der Waals surface area contributed by atoms with Crippen LogP contribution >= 0.6 is 0 Å². The molecule has 14 heavy (non-hydrogen) atoms. The van der Waals surface area contributed by atoms with Crippen molar-refractivity contribution in [2.24, 2.45) is 0 Å². The molecule has 0 saturated carbocycles. The molecular formula is C11H10O3. The van der Waals surface area contributed by atoms with Gasteiger partial charge in [-0.05, 0) is 17.2 Å². The second-order valence-corrected chi connectivity index (χ2v) is 3.06. The van der Waals surface area contributed by atoms with E-state index in [0.29, 0.717) is 5.57 Å². The maximum atomic E-state index is 11.1. The zero-order valence-electron chi connectivity index (χ0n) is 7.51. The Morgan fingerprint density at radius 3 is 2.71 bits per heavy atom. The molecule has 1 aromatic carbocycles. The predicted molar refractivity (Wildman–Crippen MR) is 51.4 cm³/mol. The Kier molecular flexibility index (Phi) is 2.33. The molecule has 1 aromatic rings. The number of ether oxygens (including phenoxy) is 1. The van der Waals surface area contributed by atoms with Gasteiger partial charge in [0.1, 0.15) is 6.61 Å². The fraction of sp³-hybridized carbons (Fsp3) is 0.182. The SMILES string of the molecule is O=C1OCC=C(c2ccccc2)C1O. The van der Waals surface area contributed by atoms with Crippen LogP contribution in [0.15, 0.2) is 36.4 Å². The lowest BCUT2D eigenvalue weighted by atomic mass is 9.99.